The first-order valence-electron chi connectivity index (χ1n) is 9.12. The zero-order valence-corrected chi connectivity index (χ0v) is 15.7. The fraction of sp³-hybridized carbons (Fsp3) is 0.227. The van der Waals surface area contributed by atoms with Crippen molar-refractivity contribution in [2.24, 2.45) is 0 Å². The molecular weight excluding hydrogens is 356 g/mol. The van der Waals surface area contributed by atoms with Crippen LogP contribution in [0, 0.1) is 0 Å². The number of carbonyl (C=O) groups is 2. The van der Waals surface area contributed by atoms with E-state index in [-0.39, 0.29) is 30.1 Å². The first-order chi connectivity index (χ1) is 13.6. The molecule has 3 rings (SSSR count). The molecule has 2 N–H and O–H groups in total. The van der Waals surface area contributed by atoms with Crippen LogP contribution < -0.4 is 15.6 Å². The highest BCUT2D eigenvalue weighted by Crippen LogP contribution is 2.13. The molecule has 1 amide bonds. The molecule has 0 bridgehead atoms. The van der Waals surface area contributed by atoms with E-state index < -0.39 is 0 Å². The first-order valence-corrected chi connectivity index (χ1v) is 9.12. The van der Waals surface area contributed by atoms with Crippen LogP contribution >= 0.6 is 0 Å². The van der Waals surface area contributed by atoms with Gasteiger partial charge in [-0.05, 0) is 48.2 Å². The zero-order valence-electron chi connectivity index (χ0n) is 15.7. The summed E-state index contributed by atoms with van der Waals surface area (Å²) in [6.07, 6.45) is 0.673. The summed E-state index contributed by atoms with van der Waals surface area (Å²) in [5.41, 5.74) is 1.81. The van der Waals surface area contributed by atoms with Crippen molar-refractivity contribution < 1.29 is 14.3 Å². The lowest BCUT2D eigenvalue weighted by atomic mass is 10.1. The van der Waals surface area contributed by atoms with Gasteiger partial charge in [0, 0.05) is 36.0 Å². The summed E-state index contributed by atoms with van der Waals surface area (Å²) in [6, 6.07) is 16.2. The number of benzene rings is 2. The number of hydrogen-bond donors (Lipinski definition) is 2. The van der Waals surface area contributed by atoms with E-state index in [0.717, 1.165) is 10.9 Å². The lowest BCUT2D eigenvalue weighted by Gasteiger charge is -2.06. The summed E-state index contributed by atoms with van der Waals surface area (Å²) in [6.45, 7) is 0.344. The zero-order chi connectivity index (χ0) is 19.9. The minimum Gasteiger partial charge on any atom is -0.497 e. The number of aromatic amines is 1. The van der Waals surface area contributed by atoms with Gasteiger partial charge in [-0.3, -0.25) is 14.4 Å². The summed E-state index contributed by atoms with van der Waals surface area (Å²) in [5, 5.41) is 3.72. The van der Waals surface area contributed by atoms with E-state index in [1.807, 2.05) is 30.3 Å². The molecule has 6 nitrogen and oxygen atoms in total. The van der Waals surface area contributed by atoms with E-state index in [9.17, 15) is 14.4 Å². The number of amides is 1. The van der Waals surface area contributed by atoms with Crippen molar-refractivity contribution in [3.63, 3.8) is 0 Å². The van der Waals surface area contributed by atoms with E-state index >= 15 is 0 Å². The maximum Gasteiger partial charge on any atom is 0.251 e. The number of pyridine rings is 1. The molecule has 0 saturated carbocycles. The number of fused-ring (bicyclic) bond motifs is 1. The maximum atomic E-state index is 12.1. The van der Waals surface area contributed by atoms with Crippen LogP contribution in [0.1, 0.15) is 28.8 Å². The Kier molecular flexibility index (Phi) is 6.22. The number of methoxy groups -OCH3 is 1. The van der Waals surface area contributed by atoms with Gasteiger partial charge in [-0.2, -0.15) is 0 Å². The van der Waals surface area contributed by atoms with Crippen molar-refractivity contribution in [3.05, 3.63) is 76.1 Å². The average molecular weight is 378 g/mol. The van der Waals surface area contributed by atoms with Crippen LogP contribution in [0.5, 0.6) is 5.75 Å². The minimum atomic E-state index is -0.209. The quantitative estimate of drug-likeness (QED) is 0.590. The Hall–Kier alpha value is -3.41. The number of carbonyl (C=O) groups excluding carboxylic acids is 2. The van der Waals surface area contributed by atoms with Crippen molar-refractivity contribution in [3.8, 4) is 5.75 Å². The van der Waals surface area contributed by atoms with Gasteiger partial charge in [0.1, 0.15) is 5.75 Å². The SMILES string of the molecule is COc1ccc(C(=O)CCC(=O)NCCc2cc3ccccc3[nH]c2=O)cc1. The van der Waals surface area contributed by atoms with E-state index in [0.29, 0.717) is 29.8 Å². The number of nitrogens with one attached hydrogen (secondary N) is 2. The van der Waals surface area contributed by atoms with Crippen LogP contribution in [-0.4, -0.2) is 30.3 Å². The smallest absolute Gasteiger partial charge is 0.251 e. The second kappa shape index (κ2) is 8.99. The molecule has 6 heteroatoms. The molecule has 3 aromatic rings. The Morgan fingerprint density at radius 3 is 2.54 bits per heavy atom. The molecule has 1 aromatic heterocycles. The molecule has 1 heterocycles. The van der Waals surface area contributed by atoms with Crippen molar-refractivity contribution in [2.45, 2.75) is 19.3 Å². The third kappa shape index (κ3) is 4.85. The van der Waals surface area contributed by atoms with E-state index in [1.54, 1.807) is 31.4 Å². The van der Waals surface area contributed by atoms with Crippen molar-refractivity contribution >= 4 is 22.6 Å². The van der Waals surface area contributed by atoms with Gasteiger partial charge in [-0.25, -0.2) is 0 Å². The topological polar surface area (TPSA) is 88.3 Å². The van der Waals surface area contributed by atoms with Crippen LogP contribution in [0.4, 0.5) is 0 Å². The van der Waals surface area contributed by atoms with Crippen LogP contribution in [0.15, 0.2) is 59.4 Å². The Bertz CT molecular complexity index is 1040. The predicted molar refractivity (Wildman–Crippen MR) is 108 cm³/mol. The summed E-state index contributed by atoms with van der Waals surface area (Å²) in [4.78, 5) is 39.1. The number of Topliss-reactive ketones (excluding diaryl/α,β-unsaturated/α-hetero) is 1. The summed E-state index contributed by atoms with van der Waals surface area (Å²) >= 11 is 0. The second-order valence-corrected chi connectivity index (χ2v) is 6.46. The summed E-state index contributed by atoms with van der Waals surface area (Å²) < 4.78 is 5.06. The molecule has 0 radical (unpaired) electrons. The molecule has 0 aliphatic rings. The summed E-state index contributed by atoms with van der Waals surface area (Å²) in [5.74, 6) is 0.376. The van der Waals surface area contributed by atoms with Gasteiger partial charge in [0.25, 0.3) is 5.56 Å². The Morgan fingerprint density at radius 1 is 1.04 bits per heavy atom. The van der Waals surface area contributed by atoms with Gasteiger partial charge in [0.15, 0.2) is 5.78 Å². The van der Waals surface area contributed by atoms with Crippen LogP contribution in [0.3, 0.4) is 0 Å². The number of H-pyrrole nitrogens is 1. The molecule has 0 saturated heterocycles. The Morgan fingerprint density at radius 2 is 1.79 bits per heavy atom. The highest BCUT2D eigenvalue weighted by Gasteiger charge is 2.10. The highest BCUT2D eigenvalue weighted by atomic mass is 16.5. The van der Waals surface area contributed by atoms with Gasteiger partial charge < -0.3 is 15.0 Å². The number of hydrogen-bond acceptors (Lipinski definition) is 4. The lowest BCUT2D eigenvalue weighted by Crippen LogP contribution is -2.27. The number of ether oxygens (including phenoxy) is 1. The molecular formula is C22H22N2O4. The van der Waals surface area contributed by atoms with Crippen LogP contribution in [0.25, 0.3) is 10.9 Å². The lowest BCUT2D eigenvalue weighted by molar-refractivity contribution is -0.121. The van der Waals surface area contributed by atoms with Crippen LogP contribution in [0.2, 0.25) is 0 Å². The molecule has 0 aliphatic heterocycles. The van der Waals surface area contributed by atoms with Gasteiger partial charge in [-0.1, -0.05) is 18.2 Å². The number of aromatic nitrogens is 1. The van der Waals surface area contributed by atoms with Crippen LogP contribution in [-0.2, 0) is 11.2 Å². The fourth-order valence-electron chi connectivity index (χ4n) is 2.95. The molecule has 0 spiro atoms. The van der Waals surface area contributed by atoms with Crippen molar-refractivity contribution in [1.82, 2.24) is 10.3 Å². The largest absolute Gasteiger partial charge is 0.497 e. The standard InChI is InChI=1S/C22H22N2O4/c1-28-18-8-6-15(7-9-18)20(25)10-11-21(26)23-13-12-17-14-16-4-2-3-5-19(16)24-22(17)27/h2-9,14H,10-13H2,1H3,(H,23,26)(H,24,27). The molecule has 28 heavy (non-hydrogen) atoms. The molecule has 0 atom stereocenters. The maximum absolute atomic E-state index is 12.1. The molecule has 144 valence electrons. The number of para-hydroxylation sites is 1. The van der Waals surface area contributed by atoms with Crippen molar-refractivity contribution in [1.29, 1.82) is 0 Å². The molecule has 0 aliphatic carbocycles. The van der Waals surface area contributed by atoms with E-state index in [2.05, 4.69) is 10.3 Å². The number of rotatable bonds is 8. The normalized spacial score (nSPS) is 10.6. The third-order valence-corrected chi connectivity index (χ3v) is 4.54. The van der Waals surface area contributed by atoms with E-state index in [4.69, 9.17) is 4.74 Å². The Balaban J connectivity index is 1.47. The minimum absolute atomic E-state index is 0.0937. The first kappa shape index (κ1) is 19.4. The number of ketones is 1. The predicted octanol–water partition coefficient (Wildman–Crippen LogP) is 2.86. The average Bonchev–Trinajstić information content (AvgIpc) is 2.72. The van der Waals surface area contributed by atoms with Gasteiger partial charge >= 0.3 is 0 Å². The fourth-order valence-corrected chi connectivity index (χ4v) is 2.95. The highest BCUT2D eigenvalue weighted by molar-refractivity contribution is 5.98. The molecule has 2 aromatic carbocycles. The molecule has 0 fully saturated rings. The third-order valence-electron chi connectivity index (χ3n) is 4.54. The van der Waals surface area contributed by atoms with Crippen molar-refractivity contribution in [2.75, 3.05) is 13.7 Å². The van der Waals surface area contributed by atoms with Gasteiger partial charge in [0.2, 0.25) is 5.91 Å². The molecule has 0 unspecified atom stereocenters. The second-order valence-electron chi connectivity index (χ2n) is 6.46. The summed E-state index contributed by atoms with van der Waals surface area (Å²) in [7, 11) is 1.56. The van der Waals surface area contributed by atoms with E-state index in [1.165, 1.54) is 0 Å². The Labute approximate surface area is 162 Å². The van der Waals surface area contributed by atoms with Gasteiger partial charge in [-0.15, -0.1) is 0 Å². The monoisotopic (exact) mass is 378 g/mol. The van der Waals surface area contributed by atoms with Gasteiger partial charge in [0.05, 0.1) is 7.11 Å².